The van der Waals surface area contributed by atoms with Gasteiger partial charge in [0, 0.05) is 16.3 Å². The lowest BCUT2D eigenvalue weighted by molar-refractivity contribution is 0.414. The molecule has 3 rings (SSSR count). The molecule has 3 aromatic rings. The summed E-state index contributed by atoms with van der Waals surface area (Å²) in [5.74, 6) is 1.90. The Kier molecular flexibility index (Phi) is 4.65. The van der Waals surface area contributed by atoms with Gasteiger partial charge in [0.1, 0.15) is 5.75 Å². The first-order valence-electron chi connectivity index (χ1n) is 6.60. The van der Waals surface area contributed by atoms with Crippen LogP contribution in [0.15, 0.2) is 58.2 Å². The topological polar surface area (TPSA) is 48.2 Å². The molecular formula is C16H13ClN2O2S. The van der Waals surface area contributed by atoms with Crippen LogP contribution in [0.25, 0.3) is 11.5 Å². The number of halogens is 1. The van der Waals surface area contributed by atoms with Gasteiger partial charge in [-0.05, 0) is 29.8 Å². The predicted octanol–water partition coefficient (Wildman–Crippen LogP) is 4.69. The van der Waals surface area contributed by atoms with Crippen molar-refractivity contribution in [2.75, 3.05) is 7.11 Å². The molecule has 0 fully saturated rings. The molecule has 22 heavy (non-hydrogen) atoms. The fourth-order valence-corrected chi connectivity index (χ4v) is 2.94. The Morgan fingerprint density at radius 2 is 2.00 bits per heavy atom. The molecule has 0 aliphatic heterocycles. The zero-order valence-corrected chi connectivity index (χ0v) is 13.4. The smallest absolute Gasteiger partial charge is 0.277 e. The van der Waals surface area contributed by atoms with Crippen LogP contribution in [0.1, 0.15) is 5.56 Å². The van der Waals surface area contributed by atoms with Crippen LogP contribution in [0.2, 0.25) is 5.02 Å². The van der Waals surface area contributed by atoms with Gasteiger partial charge in [0.15, 0.2) is 0 Å². The highest BCUT2D eigenvalue weighted by atomic mass is 35.5. The van der Waals surface area contributed by atoms with Crippen LogP contribution in [0.4, 0.5) is 0 Å². The first-order valence-corrected chi connectivity index (χ1v) is 7.97. The van der Waals surface area contributed by atoms with Gasteiger partial charge in [-0.15, -0.1) is 10.2 Å². The predicted molar refractivity (Wildman–Crippen MR) is 87.3 cm³/mol. The quantitative estimate of drug-likeness (QED) is 0.634. The number of benzene rings is 2. The van der Waals surface area contributed by atoms with E-state index in [9.17, 15) is 0 Å². The maximum atomic E-state index is 6.13. The van der Waals surface area contributed by atoms with Crippen molar-refractivity contribution in [2.45, 2.75) is 11.0 Å². The van der Waals surface area contributed by atoms with Crippen LogP contribution in [0.3, 0.4) is 0 Å². The number of hydrogen-bond acceptors (Lipinski definition) is 5. The maximum absolute atomic E-state index is 6.13. The molecule has 0 atom stereocenters. The van der Waals surface area contributed by atoms with Gasteiger partial charge in [-0.3, -0.25) is 0 Å². The van der Waals surface area contributed by atoms with Crippen LogP contribution in [-0.2, 0) is 5.75 Å². The minimum Gasteiger partial charge on any atom is -0.497 e. The minimum atomic E-state index is 0.473. The summed E-state index contributed by atoms with van der Waals surface area (Å²) in [5, 5.41) is 9.38. The maximum Gasteiger partial charge on any atom is 0.277 e. The highest BCUT2D eigenvalue weighted by molar-refractivity contribution is 7.98. The van der Waals surface area contributed by atoms with Crippen molar-refractivity contribution in [3.05, 3.63) is 59.1 Å². The lowest BCUT2D eigenvalue weighted by atomic mass is 10.2. The normalized spacial score (nSPS) is 10.6. The summed E-state index contributed by atoms with van der Waals surface area (Å²) in [4.78, 5) is 0. The number of ether oxygens (including phenoxy) is 1. The third kappa shape index (κ3) is 3.43. The van der Waals surface area contributed by atoms with Gasteiger partial charge in [-0.1, -0.05) is 47.6 Å². The number of hydrogen-bond donors (Lipinski definition) is 0. The summed E-state index contributed by atoms with van der Waals surface area (Å²) < 4.78 is 10.9. The van der Waals surface area contributed by atoms with Crippen molar-refractivity contribution in [3.63, 3.8) is 0 Å². The van der Waals surface area contributed by atoms with Crippen LogP contribution in [-0.4, -0.2) is 17.3 Å². The standard InChI is InChI=1S/C16H13ClN2O2S/c1-20-13-7-4-6-11(9-13)15-18-19-16(21-15)22-10-12-5-2-3-8-14(12)17/h2-9H,10H2,1H3. The van der Waals surface area contributed by atoms with Crippen LogP contribution in [0.5, 0.6) is 5.75 Å². The van der Waals surface area contributed by atoms with Crippen molar-refractivity contribution in [1.29, 1.82) is 0 Å². The Bertz CT molecular complexity index is 776. The molecule has 0 bridgehead atoms. The second-order valence-corrected chi connectivity index (χ2v) is 5.82. The summed E-state index contributed by atoms with van der Waals surface area (Å²) >= 11 is 7.59. The highest BCUT2D eigenvalue weighted by Gasteiger charge is 2.10. The van der Waals surface area contributed by atoms with E-state index in [2.05, 4.69) is 10.2 Å². The molecule has 1 aromatic heterocycles. The number of thioether (sulfide) groups is 1. The molecule has 0 saturated heterocycles. The van der Waals surface area contributed by atoms with E-state index in [1.54, 1.807) is 7.11 Å². The van der Waals surface area contributed by atoms with E-state index in [1.165, 1.54) is 11.8 Å². The van der Waals surface area contributed by atoms with E-state index < -0.39 is 0 Å². The van der Waals surface area contributed by atoms with Gasteiger partial charge >= 0.3 is 0 Å². The third-order valence-electron chi connectivity index (χ3n) is 3.03. The molecule has 6 heteroatoms. The fourth-order valence-electron chi connectivity index (χ4n) is 1.90. The summed E-state index contributed by atoms with van der Waals surface area (Å²) in [7, 11) is 1.62. The van der Waals surface area contributed by atoms with Crippen LogP contribution >= 0.6 is 23.4 Å². The molecule has 0 saturated carbocycles. The van der Waals surface area contributed by atoms with E-state index in [-0.39, 0.29) is 0 Å². The average molecular weight is 333 g/mol. The summed E-state index contributed by atoms with van der Waals surface area (Å²) in [6.45, 7) is 0. The molecule has 2 aromatic carbocycles. The summed E-state index contributed by atoms with van der Waals surface area (Å²) in [5.41, 5.74) is 1.87. The first-order chi connectivity index (χ1) is 10.8. The van der Waals surface area contributed by atoms with Crippen LogP contribution < -0.4 is 4.74 Å². The lowest BCUT2D eigenvalue weighted by Gasteiger charge is -2.01. The third-order valence-corrected chi connectivity index (χ3v) is 4.27. The highest BCUT2D eigenvalue weighted by Crippen LogP contribution is 2.29. The average Bonchev–Trinajstić information content (AvgIpc) is 3.03. The largest absolute Gasteiger partial charge is 0.497 e. The lowest BCUT2D eigenvalue weighted by Crippen LogP contribution is -1.83. The fraction of sp³-hybridized carbons (Fsp3) is 0.125. The number of methoxy groups -OCH3 is 1. The Hall–Kier alpha value is -1.98. The molecule has 0 radical (unpaired) electrons. The molecule has 0 N–H and O–H groups in total. The van der Waals surface area contributed by atoms with Crippen molar-refractivity contribution >= 4 is 23.4 Å². The molecule has 1 heterocycles. The molecule has 0 aliphatic rings. The monoisotopic (exact) mass is 332 g/mol. The summed E-state index contributed by atoms with van der Waals surface area (Å²) in [6.07, 6.45) is 0. The SMILES string of the molecule is COc1cccc(-c2nnc(SCc3ccccc3Cl)o2)c1. The van der Waals surface area contributed by atoms with Crippen molar-refractivity contribution < 1.29 is 9.15 Å². The van der Waals surface area contributed by atoms with Crippen LogP contribution in [0, 0.1) is 0 Å². The molecule has 0 spiro atoms. The zero-order chi connectivity index (χ0) is 15.4. The van der Waals surface area contributed by atoms with E-state index >= 15 is 0 Å². The Morgan fingerprint density at radius 3 is 2.82 bits per heavy atom. The van der Waals surface area contributed by atoms with Gasteiger partial charge in [0.2, 0.25) is 5.89 Å². The van der Waals surface area contributed by atoms with Gasteiger partial charge < -0.3 is 9.15 Å². The van der Waals surface area contributed by atoms with Crippen molar-refractivity contribution in [1.82, 2.24) is 10.2 Å². The molecule has 0 unspecified atom stereocenters. The number of rotatable bonds is 5. The molecule has 112 valence electrons. The van der Waals surface area contributed by atoms with E-state index in [0.717, 1.165) is 21.9 Å². The Balaban J connectivity index is 1.72. The number of nitrogens with zero attached hydrogens (tertiary/aromatic N) is 2. The zero-order valence-electron chi connectivity index (χ0n) is 11.8. The van der Waals surface area contributed by atoms with E-state index in [1.807, 2.05) is 48.5 Å². The van der Waals surface area contributed by atoms with Crippen molar-refractivity contribution in [2.24, 2.45) is 0 Å². The van der Waals surface area contributed by atoms with Gasteiger partial charge in [-0.25, -0.2) is 0 Å². The molecule has 0 amide bonds. The van der Waals surface area contributed by atoms with Gasteiger partial charge in [0.25, 0.3) is 5.22 Å². The summed E-state index contributed by atoms with van der Waals surface area (Å²) in [6, 6.07) is 15.2. The van der Waals surface area contributed by atoms with E-state index in [0.29, 0.717) is 16.9 Å². The second kappa shape index (κ2) is 6.85. The number of aromatic nitrogens is 2. The van der Waals surface area contributed by atoms with Gasteiger partial charge in [-0.2, -0.15) is 0 Å². The minimum absolute atomic E-state index is 0.473. The first kappa shape index (κ1) is 14.9. The molecule has 0 aliphatic carbocycles. The van der Waals surface area contributed by atoms with E-state index in [4.69, 9.17) is 20.8 Å². The van der Waals surface area contributed by atoms with Crippen molar-refractivity contribution in [3.8, 4) is 17.2 Å². The Labute approximate surface area is 137 Å². The van der Waals surface area contributed by atoms with Gasteiger partial charge in [0.05, 0.1) is 7.11 Å². The Morgan fingerprint density at radius 1 is 1.14 bits per heavy atom. The second-order valence-electron chi connectivity index (χ2n) is 4.49. The molecule has 4 nitrogen and oxygen atoms in total. The molecular weight excluding hydrogens is 320 g/mol.